The van der Waals surface area contributed by atoms with Crippen LogP contribution in [-0.2, 0) is 22.1 Å². The minimum Gasteiger partial charge on any atom is -0.387 e. The van der Waals surface area contributed by atoms with Gasteiger partial charge in [0.15, 0.2) is 6.29 Å². The Bertz CT molecular complexity index is 401. The molecule has 1 rings (SSSR count). The van der Waals surface area contributed by atoms with Gasteiger partial charge < -0.3 is 14.6 Å². The van der Waals surface area contributed by atoms with Crippen molar-refractivity contribution in [3.8, 4) is 0 Å². The molecular formula is C14H19F3O3. The Morgan fingerprint density at radius 1 is 1.15 bits per heavy atom. The van der Waals surface area contributed by atoms with Gasteiger partial charge in [0.2, 0.25) is 0 Å². The molecule has 1 atom stereocenters. The molecule has 0 amide bonds. The van der Waals surface area contributed by atoms with Crippen LogP contribution in [0.15, 0.2) is 24.3 Å². The number of alkyl halides is 3. The lowest BCUT2D eigenvalue weighted by Crippen LogP contribution is -2.33. The summed E-state index contributed by atoms with van der Waals surface area (Å²) in [5.74, 6) is 0. The molecule has 114 valence electrons. The van der Waals surface area contributed by atoms with Crippen LogP contribution >= 0.6 is 0 Å². The average Bonchev–Trinajstić information content (AvgIpc) is 2.38. The third kappa shape index (κ3) is 5.11. The Hall–Kier alpha value is -1.11. The predicted molar refractivity (Wildman–Crippen MR) is 68.2 cm³/mol. The van der Waals surface area contributed by atoms with Gasteiger partial charge in [-0.15, -0.1) is 0 Å². The summed E-state index contributed by atoms with van der Waals surface area (Å²) in [4.78, 5) is 0. The van der Waals surface area contributed by atoms with E-state index in [0.29, 0.717) is 18.8 Å². The van der Waals surface area contributed by atoms with E-state index >= 15 is 0 Å². The molecule has 1 aromatic rings. The molecule has 0 aromatic heterocycles. The zero-order chi connectivity index (χ0) is 15.2. The van der Waals surface area contributed by atoms with Gasteiger partial charge in [-0.3, -0.25) is 0 Å². The molecule has 20 heavy (non-hydrogen) atoms. The minimum absolute atomic E-state index is 0.0363. The summed E-state index contributed by atoms with van der Waals surface area (Å²) in [7, 11) is 0. The molecule has 6 heteroatoms. The third-order valence-corrected chi connectivity index (χ3v) is 2.68. The lowest BCUT2D eigenvalue weighted by atomic mass is 10.0. The zero-order valence-electron chi connectivity index (χ0n) is 11.5. The van der Waals surface area contributed by atoms with E-state index in [2.05, 4.69) is 0 Å². The summed E-state index contributed by atoms with van der Waals surface area (Å²) >= 11 is 0. The van der Waals surface area contributed by atoms with Crippen LogP contribution in [0.25, 0.3) is 0 Å². The second-order valence-corrected chi connectivity index (χ2v) is 4.25. The second kappa shape index (κ2) is 7.61. The summed E-state index contributed by atoms with van der Waals surface area (Å²) in [6.07, 6.45) is -6.20. The van der Waals surface area contributed by atoms with E-state index in [9.17, 15) is 18.3 Å². The van der Waals surface area contributed by atoms with E-state index in [1.807, 2.05) is 0 Å². The summed E-state index contributed by atoms with van der Waals surface area (Å²) in [6, 6.07) is 4.88. The van der Waals surface area contributed by atoms with Gasteiger partial charge in [-0.05, 0) is 25.5 Å². The number of aliphatic hydroxyl groups excluding tert-OH is 1. The van der Waals surface area contributed by atoms with Crippen molar-refractivity contribution in [1.29, 1.82) is 0 Å². The van der Waals surface area contributed by atoms with Crippen LogP contribution < -0.4 is 0 Å². The molecule has 1 unspecified atom stereocenters. The van der Waals surface area contributed by atoms with Crippen molar-refractivity contribution in [3.05, 3.63) is 35.4 Å². The van der Waals surface area contributed by atoms with Crippen molar-refractivity contribution in [3.63, 3.8) is 0 Å². The van der Waals surface area contributed by atoms with Crippen LogP contribution in [-0.4, -0.2) is 30.7 Å². The highest BCUT2D eigenvalue weighted by molar-refractivity contribution is 5.26. The average molecular weight is 292 g/mol. The van der Waals surface area contributed by atoms with Crippen LogP contribution in [0.5, 0.6) is 0 Å². The topological polar surface area (TPSA) is 38.7 Å². The molecule has 0 saturated carbocycles. The van der Waals surface area contributed by atoms with E-state index in [-0.39, 0.29) is 6.42 Å². The van der Waals surface area contributed by atoms with Gasteiger partial charge in [0.25, 0.3) is 0 Å². The Balaban J connectivity index is 2.76. The number of halogens is 3. The van der Waals surface area contributed by atoms with Crippen LogP contribution in [0.4, 0.5) is 13.2 Å². The molecule has 1 aromatic carbocycles. The molecule has 0 heterocycles. The molecule has 0 fully saturated rings. The van der Waals surface area contributed by atoms with Gasteiger partial charge in [-0.1, -0.05) is 18.2 Å². The molecule has 0 radical (unpaired) electrons. The van der Waals surface area contributed by atoms with Crippen LogP contribution in [0.3, 0.4) is 0 Å². The Kier molecular flexibility index (Phi) is 6.45. The van der Waals surface area contributed by atoms with Gasteiger partial charge in [-0.25, -0.2) is 0 Å². The number of hydrogen-bond donors (Lipinski definition) is 1. The van der Waals surface area contributed by atoms with E-state index in [1.54, 1.807) is 13.8 Å². The fourth-order valence-corrected chi connectivity index (χ4v) is 1.81. The molecule has 3 nitrogen and oxygen atoms in total. The first-order valence-corrected chi connectivity index (χ1v) is 6.45. The Morgan fingerprint density at radius 2 is 1.75 bits per heavy atom. The smallest absolute Gasteiger partial charge is 0.387 e. The van der Waals surface area contributed by atoms with Gasteiger partial charge in [0, 0.05) is 19.6 Å². The highest BCUT2D eigenvalue weighted by Crippen LogP contribution is 2.29. The number of ether oxygens (including phenoxy) is 2. The summed E-state index contributed by atoms with van der Waals surface area (Å²) < 4.78 is 48.2. The Morgan fingerprint density at radius 3 is 2.25 bits per heavy atom. The molecule has 0 bridgehead atoms. The molecule has 0 aliphatic heterocycles. The fraction of sp³-hybridized carbons (Fsp3) is 0.571. The van der Waals surface area contributed by atoms with Crippen molar-refractivity contribution in [2.75, 3.05) is 13.2 Å². The van der Waals surface area contributed by atoms with Crippen LogP contribution in [0, 0.1) is 0 Å². The lowest BCUT2D eigenvalue weighted by molar-refractivity contribution is -0.188. The highest BCUT2D eigenvalue weighted by atomic mass is 19.4. The van der Waals surface area contributed by atoms with Gasteiger partial charge in [0.1, 0.15) is 6.10 Å². The first-order valence-electron chi connectivity index (χ1n) is 6.45. The summed E-state index contributed by atoms with van der Waals surface area (Å²) in [5, 5.41) is 9.99. The van der Waals surface area contributed by atoms with Crippen LogP contribution in [0.2, 0.25) is 0 Å². The molecule has 1 N–H and O–H groups in total. The minimum atomic E-state index is -4.39. The molecule has 0 spiro atoms. The maximum Gasteiger partial charge on any atom is 0.416 e. The third-order valence-electron chi connectivity index (χ3n) is 2.68. The maximum atomic E-state index is 12.6. The van der Waals surface area contributed by atoms with Crippen molar-refractivity contribution in [1.82, 2.24) is 0 Å². The molecular weight excluding hydrogens is 273 g/mol. The summed E-state index contributed by atoms with van der Waals surface area (Å²) in [6.45, 7) is 4.21. The zero-order valence-corrected chi connectivity index (χ0v) is 11.5. The monoisotopic (exact) mass is 292 g/mol. The first-order chi connectivity index (χ1) is 9.38. The predicted octanol–water partition coefficient (Wildman–Crippen LogP) is 3.01. The van der Waals surface area contributed by atoms with Crippen molar-refractivity contribution in [2.45, 2.75) is 38.8 Å². The normalized spacial score (nSPS) is 13.8. The van der Waals surface area contributed by atoms with E-state index in [0.717, 1.165) is 12.1 Å². The molecule has 0 saturated heterocycles. The SMILES string of the molecule is CCOC(OCC)C(O)Cc1cccc(C(F)(F)F)c1. The fourth-order valence-electron chi connectivity index (χ4n) is 1.81. The number of benzene rings is 1. The van der Waals surface area contributed by atoms with Gasteiger partial charge in [-0.2, -0.15) is 13.2 Å². The van der Waals surface area contributed by atoms with Crippen LogP contribution in [0.1, 0.15) is 25.0 Å². The van der Waals surface area contributed by atoms with E-state index in [1.165, 1.54) is 12.1 Å². The van der Waals surface area contributed by atoms with E-state index in [4.69, 9.17) is 9.47 Å². The Labute approximate surface area is 116 Å². The first kappa shape index (κ1) is 16.9. The second-order valence-electron chi connectivity index (χ2n) is 4.25. The number of rotatable bonds is 7. The van der Waals surface area contributed by atoms with E-state index < -0.39 is 24.1 Å². The van der Waals surface area contributed by atoms with Gasteiger partial charge in [0.05, 0.1) is 5.56 Å². The van der Waals surface area contributed by atoms with Gasteiger partial charge >= 0.3 is 6.18 Å². The lowest BCUT2D eigenvalue weighted by Gasteiger charge is -2.22. The van der Waals surface area contributed by atoms with Crippen molar-refractivity contribution < 1.29 is 27.8 Å². The highest BCUT2D eigenvalue weighted by Gasteiger charge is 2.30. The van der Waals surface area contributed by atoms with Crippen molar-refractivity contribution >= 4 is 0 Å². The number of aliphatic hydroxyl groups is 1. The standard InChI is InChI=1S/C14H19F3O3/c1-3-19-13(20-4-2)12(18)9-10-6-5-7-11(8-10)14(15,16)17/h5-8,12-13,18H,3-4,9H2,1-2H3. The number of hydrogen-bond acceptors (Lipinski definition) is 3. The van der Waals surface area contributed by atoms with Crippen molar-refractivity contribution in [2.24, 2.45) is 0 Å². The summed E-state index contributed by atoms with van der Waals surface area (Å²) in [5.41, 5.74) is -0.344. The maximum absolute atomic E-state index is 12.6. The molecule has 0 aliphatic carbocycles. The quantitative estimate of drug-likeness (QED) is 0.785. The largest absolute Gasteiger partial charge is 0.416 e. The molecule has 0 aliphatic rings.